The van der Waals surface area contributed by atoms with Gasteiger partial charge in [-0.25, -0.2) is 4.99 Å². The lowest BCUT2D eigenvalue weighted by molar-refractivity contribution is 0.144. The lowest BCUT2D eigenvalue weighted by atomic mass is 10.2. The van der Waals surface area contributed by atoms with Crippen molar-refractivity contribution in [3.8, 4) is 5.75 Å². The van der Waals surface area contributed by atoms with Gasteiger partial charge in [-0.3, -0.25) is 4.90 Å². The number of benzene rings is 1. The summed E-state index contributed by atoms with van der Waals surface area (Å²) >= 11 is 0. The Bertz CT molecular complexity index is 546. The maximum absolute atomic E-state index is 5.68. The number of hydrogen-bond acceptors (Lipinski definition) is 4. The van der Waals surface area contributed by atoms with Gasteiger partial charge in [-0.2, -0.15) is 0 Å². The van der Waals surface area contributed by atoms with Gasteiger partial charge in [0.2, 0.25) is 0 Å². The van der Waals surface area contributed by atoms with Crippen LogP contribution in [0.5, 0.6) is 5.75 Å². The zero-order valence-corrected chi connectivity index (χ0v) is 16.5. The third kappa shape index (κ3) is 7.22. The summed E-state index contributed by atoms with van der Waals surface area (Å²) in [5.74, 6) is 1.76. The first-order valence-electron chi connectivity index (χ1n) is 9.74. The predicted molar refractivity (Wildman–Crippen MR) is 107 cm³/mol. The quantitative estimate of drug-likeness (QED) is 0.441. The molecule has 1 fully saturated rings. The standard InChI is InChI=1S/C20H34N4O2/c1-4-21-20(22-12-13-24(14-15-25-3)18-10-11-18)23-16-17-8-6-7-9-19(17)26-5-2/h6-9,18H,4-5,10-16H2,1-3H3,(H2,21,22,23). The third-order valence-corrected chi connectivity index (χ3v) is 4.36. The number of nitrogens with one attached hydrogen (secondary N) is 2. The van der Waals surface area contributed by atoms with Gasteiger partial charge in [0.15, 0.2) is 5.96 Å². The number of aliphatic imine (C=N–C) groups is 1. The van der Waals surface area contributed by atoms with E-state index in [0.29, 0.717) is 13.2 Å². The molecule has 2 N–H and O–H groups in total. The van der Waals surface area contributed by atoms with Crippen LogP contribution in [0.3, 0.4) is 0 Å². The van der Waals surface area contributed by atoms with Crippen molar-refractivity contribution >= 4 is 5.96 Å². The lowest BCUT2D eigenvalue weighted by Gasteiger charge is -2.22. The van der Waals surface area contributed by atoms with Crippen LogP contribution in [0.4, 0.5) is 0 Å². The number of nitrogens with zero attached hydrogens (tertiary/aromatic N) is 2. The summed E-state index contributed by atoms with van der Waals surface area (Å²) < 4.78 is 10.9. The minimum atomic E-state index is 0.599. The van der Waals surface area contributed by atoms with Gasteiger partial charge in [0.25, 0.3) is 0 Å². The molecule has 0 heterocycles. The summed E-state index contributed by atoms with van der Waals surface area (Å²) in [6.45, 7) is 9.86. The number of methoxy groups -OCH3 is 1. The molecule has 0 saturated heterocycles. The molecule has 6 heteroatoms. The summed E-state index contributed by atoms with van der Waals surface area (Å²) in [5, 5.41) is 6.77. The van der Waals surface area contributed by atoms with Gasteiger partial charge < -0.3 is 20.1 Å². The number of ether oxygens (including phenoxy) is 2. The highest BCUT2D eigenvalue weighted by molar-refractivity contribution is 5.79. The van der Waals surface area contributed by atoms with E-state index in [1.807, 2.05) is 25.1 Å². The van der Waals surface area contributed by atoms with E-state index >= 15 is 0 Å². The van der Waals surface area contributed by atoms with Gasteiger partial charge in [0.05, 0.1) is 19.8 Å². The van der Waals surface area contributed by atoms with Crippen LogP contribution >= 0.6 is 0 Å². The summed E-state index contributed by atoms with van der Waals surface area (Å²) in [6.07, 6.45) is 2.62. The molecule has 0 aromatic heterocycles. The molecule has 1 aliphatic carbocycles. The number of guanidine groups is 1. The molecule has 0 amide bonds. The molecule has 0 spiro atoms. The second-order valence-electron chi connectivity index (χ2n) is 6.42. The van der Waals surface area contributed by atoms with Crippen LogP contribution in [0.15, 0.2) is 29.3 Å². The maximum atomic E-state index is 5.68. The molecule has 1 aromatic carbocycles. The second kappa shape index (κ2) is 11.8. The van der Waals surface area contributed by atoms with E-state index in [0.717, 1.165) is 56.1 Å². The summed E-state index contributed by atoms with van der Waals surface area (Å²) in [4.78, 5) is 7.22. The fourth-order valence-corrected chi connectivity index (χ4v) is 2.88. The van der Waals surface area contributed by atoms with E-state index < -0.39 is 0 Å². The van der Waals surface area contributed by atoms with Gasteiger partial charge in [-0.05, 0) is 32.8 Å². The highest BCUT2D eigenvalue weighted by atomic mass is 16.5. The van der Waals surface area contributed by atoms with Gasteiger partial charge in [-0.15, -0.1) is 0 Å². The van der Waals surface area contributed by atoms with E-state index in [-0.39, 0.29) is 0 Å². The van der Waals surface area contributed by atoms with Crippen LogP contribution in [0.2, 0.25) is 0 Å². The first kappa shape index (κ1) is 20.5. The van der Waals surface area contributed by atoms with Crippen LogP contribution in [0.25, 0.3) is 0 Å². The van der Waals surface area contributed by atoms with Crippen LogP contribution in [-0.2, 0) is 11.3 Å². The minimum Gasteiger partial charge on any atom is -0.494 e. The van der Waals surface area contributed by atoms with E-state index in [1.54, 1.807) is 7.11 Å². The Kier molecular flexibility index (Phi) is 9.28. The van der Waals surface area contributed by atoms with Crippen molar-refractivity contribution in [2.24, 2.45) is 4.99 Å². The summed E-state index contributed by atoms with van der Waals surface area (Å²) in [7, 11) is 1.76. The van der Waals surface area contributed by atoms with Crippen LogP contribution in [0.1, 0.15) is 32.3 Å². The molecule has 6 nitrogen and oxygen atoms in total. The monoisotopic (exact) mass is 362 g/mol. The Morgan fingerprint density at radius 2 is 2.00 bits per heavy atom. The number of rotatable bonds is 12. The highest BCUT2D eigenvalue weighted by Crippen LogP contribution is 2.26. The van der Waals surface area contributed by atoms with Gasteiger partial charge >= 0.3 is 0 Å². The first-order chi connectivity index (χ1) is 12.8. The van der Waals surface area contributed by atoms with Crippen molar-refractivity contribution in [1.82, 2.24) is 15.5 Å². The molecule has 0 bridgehead atoms. The van der Waals surface area contributed by atoms with Crippen molar-refractivity contribution in [3.63, 3.8) is 0 Å². The normalized spacial score (nSPS) is 14.5. The minimum absolute atomic E-state index is 0.599. The van der Waals surface area contributed by atoms with Crippen molar-refractivity contribution in [2.75, 3.05) is 46.5 Å². The Labute approximate surface area is 158 Å². The van der Waals surface area contributed by atoms with Crippen molar-refractivity contribution in [2.45, 2.75) is 39.3 Å². The van der Waals surface area contributed by atoms with Crippen molar-refractivity contribution < 1.29 is 9.47 Å². The Hall–Kier alpha value is -1.79. The summed E-state index contributed by atoms with van der Waals surface area (Å²) in [6, 6.07) is 8.82. The smallest absolute Gasteiger partial charge is 0.191 e. The zero-order chi connectivity index (χ0) is 18.6. The van der Waals surface area contributed by atoms with Crippen molar-refractivity contribution in [3.05, 3.63) is 29.8 Å². The molecule has 1 aliphatic rings. The second-order valence-corrected chi connectivity index (χ2v) is 6.42. The van der Waals surface area contributed by atoms with E-state index in [1.165, 1.54) is 12.8 Å². The average molecular weight is 363 g/mol. The lowest BCUT2D eigenvalue weighted by Crippen LogP contribution is -2.42. The molecular formula is C20H34N4O2. The molecule has 26 heavy (non-hydrogen) atoms. The van der Waals surface area contributed by atoms with Crippen molar-refractivity contribution in [1.29, 1.82) is 0 Å². The molecule has 1 aromatic rings. The van der Waals surface area contributed by atoms with Crippen LogP contribution < -0.4 is 15.4 Å². The van der Waals surface area contributed by atoms with E-state index in [4.69, 9.17) is 14.5 Å². The summed E-state index contributed by atoms with van der Waals surface area (Å²) in [5.41, 5.74) is 1.10. The van der Waals surface area contributed by atoms with Gasteiger partial charge in [0, 0.05) is 44.9 Å². The molecule has 146 valence electrons. The molecule has 2 rings (SSSR count). The topological polar surface area (TPSA) is 58.1 Å². The predicted octanol–water partition coefficient (Wildman–Crippen LogP) is 2.25. The van der Waals surface area contributed by atoms with Gasteiger partial charge in [-0.1, -0.05) is 18.2 Å². The van der Waals surface area contributed by atoms with Gasteiger partial charge in [0.1, 0.15) is 5.75 Å². The first-order valence-corrected chi connectivity index (χ1v) is 9.74. The third-order valence-electron chi connectivity index (χ3n) is 4.36. The Morgan fingerprint density at radius 3 is 2.69 bits per heavy atom. The SMILES string of the molecule is CCNC(=NCc1ccccc1OCC)NCCN(CCOC)C1CC1. The molecule has 0 radical (unpaired) electrons. The van der Waals surface area contributed by atoms with E-state index in [9.17, 15) is 0 Å². The van der Waals surface area contributed by atoms with Crippen LogP contribution in [-0.4, -0.2) is 63.4 Å². The fourth-order valence-electron chi connectivity index (χ4n) is 2.88. The number of hydrogen-bond donors (Lipinski definition) is 2. The van der Waals surface area contributed by atoms with E-state index in [2.05, 4.69) is 28.5 Å². The highest BCUT2D eigenvalue weighted by Gasteiger charge is 2.28. The average Bonchev–Trinajstić information content (AvgIpc) is 3.49. The molecule has 0 aliphatic heterocycles. The maximum Gasteiger partial charge on any atom is 0.191 e. The molecule has 0 atom stereocenters. The van der Waals surface area contributed by atoms with Crippen LogP contribution in [0, 0.1) is 0 Å². The fraction of sp³-hybridized carbons (Fsp3) is 0.650. The zero-order valence-electron chi connectivity index (χ0n) is 16.5. The largest absolute Gasteiger partial charge is 0.494 e. The number of para-hydroxylation sites is 1. The molecule has 1 saturated carbocycles. The Balaban J connectivity index is 1.86. The Morgan fingerprint density at radius 1 is 1.19 bits per heavy atom. The molecule has 0 unspecified atom stereocenters. The molecular weight excluding hydrogens is 328 g/mol.